The molecule has 2 amide bonds. The average molecular weight is 375 g/mol. The molecule has 0 aliphatic carbocycles. The van der Waals surface area contributed by atoms with E-state index in [2.05, 4.69) is 5.32 Å². The van der Waals surface area contributed by atoms with Crippen molar-refractivity contribution >= 4 is 46.9 Å². The van der Waals surface area contributed by atoms with Crippen molar-refractivity contribution in [3.63, 3.8) is 0 Å². The molecule has 0 bridgehead atoms. The molecule has 4 nitrogen and oxygen atoms in total. The number of hydrogen-bond donors (Lipinski definition) is 1. The molecule has 0 spiro atoms. The molecule has 0 saturated heterocycles. The van der Waals surface area contributed by atoms with Crippen LogP contribution in [0.1, 0.15) is 5.56 Å². The second kappa shape index (κ2) is 9.30. The summed E-state index contributed by atoms with van der Waals surface area (Å²) in [7, 11) is 1.58. The van der Waals surface area contributed by atoms with E-state index in [9.17, 15) is 9.59 Å². The normalized spacial score (nSPS) is 10.7. The second-order valence-electron chi connectivity index (χ2n) is 5.30. The fraction of sp³-hybridized carbons (Fsp3) is 0.158. The number of halogens is 1. The zero-order chi connectivity index (χ0) is 18.2. The van der Waals surface area contributed by atoms with Gasteiger partial charge in [0.1, 0.15) is 0 Å². The molecule has 130 valence electrons. The van der Waals surface area contributed by atoms with Crippen LogP contribution in [0, 0.1) is 0 Å². The number of anilines is 1. The van der Waals surface area contributed by atoms with Gasteiger partial charge in [-0.05, 0) is 36.1 Å². The van der Waals surface area contributed by atoms with Crippen LogP contribution in [-0.4, -0.2) is 36.6 Å². The lowest BCUT2D eigenvalue weighted by molar-refractivity contribution is -0.129. The molecule has 0 fully saturated rings. The van der Waals surface area contributed by atoms with E-state index in [1.807, 2.05) is 48.7 Å². The number of carbonyl (C=O) groups excluding carboxylic acids is 2. The van der Waals surface area contributed by atoms with Gasteiger partial charge in [-0.2, -0.15) is 0 Å². The highest BCUT2D eigenvalue weighted by Gasteiger charge is 2.12. The summed E-state index contributed by atoms with van der Waals surface area (Å²) in [4.78, 5) is 26.6. The number of nitrogens with zero attached hydrogens (tertiary/aromatic N) is 1. The van der Waals surface area contributed by atoms with Crippen LogP contribution < -0.4 is 5.32 Å². The van der Waals surface area contributed by atoms with Gasteiger partial charge in [0.25, 0.3) is 0 Å². The van der Waals surface area contributed by atoms with E-state index in [1.165, 1.54) is 11.0 Å². The summed E-state index contributed by atoms with van der Waals surface area (Å²) in [6.07, 6.45) is 4.99. The van der Waals surface area contributed by atoms with E-state index >= 15 is 0 Å². The van der Waals surface area contributed by atoms with Crippen LogP contribution >= 0.6 is 23.4 Å². The lowest BCUT2D eigenvalue weighted by Crippen LogP contribution is -2.33. The number of amides is 2. The van der Waals surface area contributed by atoms with Crippen LogP contribution in [-0.2, 0) is 9.59 Å². The molecule has 2 aromatic rings. The minimum absolute atomic E-state index is 0.0333. The zero-order valence-electron chi connectivity index (χ0n) is 14.0. The molecule has 0 atom stereocenters. The van der Waals surface area contributed by atoms with Gasteiger partial charge in [0, 0.05) is 23.0 Å². The summed E-state index contributed by atoms with van der Waals surface area (Å²) in [5.41, 5.74) is 1.50. The Balaban J connectivity index is 1.94. The molecule has 0 heterocycles. The second-order valence-corrected chi connectivity index (χ2v) is 6.55. The monoisotopic (exact) mass is 374 g/mol. The third kappa shape index (κ3) is 5.66. The van der Waals surface area contributed by atoms with Gasteiger partial charge in [0.2, 0.25) is 11.8 Å². The minimum Gasteiger partial charge on any atom is -0.333 e. The van der Waals surface area contributed by atoms with E-state index in [-0.39, 0.29) is 18.4 Å². The van der Waals surface area contributed by atoms with Crippen LogP contribution in [0.5, 0.6) is 0 Å². The number of nitrogens with one attached hydrogen (secondary N) is 1. The first kappa shape index (κ1) is 19.1. The molecule has 1 N–H and O–H groups in total. The molecule has 6 heteroatoms. The first-order valence-electron chi connectivity index (χ1n) is 7.62. The van der Waals surface area contributed by atoms with Crippen molar-refractivity contribution in [2.45, 2.75) is 4.90 Å². The molecule has 0 unspecified atom stereocenters. The quantitative estimate of drug-likeness (QED) is 0.609. The fourth-order valence-corrected chi connectivity index (χ4v) is 2.88. The summed E-state index contributed by atoms with van der Waals surface area (Å²) in [5, 5.41) is 3.40. The van der Waals surface area contributed by atoms with Crippen molar-refractivity contribution in [2.24, 2.45) is 0 Å². The topological polar surface area (TPSA) is 49.4 Å². The van der Waals surface area contributed by atoms with Crippen molar-refractivity contribution in [1.82, 2.24) is 4.90 Å². The van der Waals surface area contributed by atoms with E-state index in [0.29, 0.717) is 5.02 Å². The molecule has 0 aromatic heterocycles. The Morgan fingerprint density at radius 3 is 2.56 bits per heavy atom. The fourth-order valence-electron chi connectivity index (χ4n) is 2.13. The van der Waals surface area contributed by atoms with Crippen molar-refractivity contribution in [3.8, 4) is 0 Å². The number of likely N-dealkylation sites (N-methyl/N-ethyl adjacent to an activating group) is 1. The average Bonchev–Trinajstić information content (AvgIpc) is 2.61. The van der Waals surface area contributed by atoms with E-state index in [1.54, 1.807) is 31.0 Å². The maximum atomic E-state index is 12.2. The number of carbonyl (C=O) groups is 2. The first-order chi connectivity index (χ1) is 12.0. The first-order valence-corrected chi connectivity index (χ1v) is 9.22. The SMILES string of the molecule is CSc1ccccc1NC(=O)CN(C)C(=O)/C=C/c1ccccc1Cl. The number of rotatable bonds is 6. The highest BCUT2D eigenvalue weighted by Crippen LogP contribution is 2.24. The Bertz CT molecular complexity index is 792. The highest BCUT2D eigenvalue weighted by molar-refractivity contribution is 7.98. The smallest absolute Gasteiger partial charge is 0.246 e. The minimum atomic E-state index is -0.270. The van der Waals surface area contributed by atoms with Gasteiger partial charge >= 0.3 is 0 Å². The summed E-state index contributed by atoms with van der Waals surface area (Å²) >= 11 is 7.60. The Labute approximate surface area is 156 Å². The van der Waals surface area contributed by atoms with Gasteiger partial charge in [-0.15, -0.1) is 11.8 Å². The third-order valence-electron chi connectivity index (χ3n) is 3.45. The lowest BCUT2D eigenvalue weighted by Gasteiger charge is -2.16. The van der Waals surface area contributed by atoms with Gasteiger partial charge in [-0.25, -0.2) is 0 Å². The van der Waals surface area contributed by atoms with E-state index < -0.39 is 0 Å². The molecule has 25 heavy (non-hydrogen) atoms. The Hall–Kier alpha value is -2.24. The van der Waals surface area contributed by atoms with Crippen LogP contribution in [0.25, 0.3) is 6.08 Å². The van der Waals surface area contributed by atoms with Gasteiger partial charge in [0.05, 0.1) is 12.2 Å². The molecule has 2 rings (SSSR count). The molecule has 2 aromatic carbocycles. The molecule has 0 radical (unpaired) electrons. The van der Waals surface area contributed by atoms with Crippen LogP contribution in [0.2, 0.25) is 5.02 Å². The third-order valence-corrected chi connectivity index (χ3v) is 4.59. The van der Waals surface area contributed by atoms with Crippen LogP contribution in [0.4, 0.5) is 5.69 Å². The Morgan fingerprint density at radius 2 is 1.84 bits per heavy atom. The maximum Gasteiger partial charge on any atom is 0.246 e. The summed E-state index contributed by atoms with van der Waals surface area (Å²) < 4.78 is 0. The largest absolute Gasteiger partial charge is 0.333 e. The van der Waals surface area contributed by atoms with Gasteiger partial charge < -0.3 is 10.2 Å². The van der Waals surface area contributed by atoms with Gasteiger partial charge in [0.15, 0.2) is 0 Å². The van der Waals surface area contributed by atoms with Crippen molar-refractivity contribution in [3.05, 3.63) is 65.2 Å². The predicted octanol–water partition coefficient (Wildman–Crippen LogP) is 4.17. The summed E-state index contributed by atoms with van der Waals surface area (Å²) in [6.45, 7) is -0.0333. The number of hydrogen-bond acceptors (Lipinski definition) is 3. The number of benzene rings is 2. The van der Waals surface area contributed by atoms with Crippen LogP contribution in [0.15, 0.2) is 59.5 Å². The Morgan fingerprint density at radius 1 is 1.16 bits per heavy atom. The van der Waals surface area contributed by atoms with Crippen molar-refractivity contribution in [2.75, 3.05) is 25.2 Å². The van der Waals surface area contributed by atoms with Crippen molar-refractivity contribution < 1.29 is 9.59 Å². The van der Waals surface area contributed by atoms with Gasteiger partial charge in [-0.1, -0.05) is 41.9 Å². The summed E-state index contributed by atoms with van der Waals surface area (Å²) in [6, 6.07) is 14.8. The predicted molar refractivity (Wildman–Crippen MR) is 105 cm³/mol. The van der Waals surface area contributed by atoms with E-state index in [0.717, 1.165) is 16.1 Å². The standard InChI is InChI=1S/C19H19ClN2O2S/c1-22(19(24)12-11-14-7-3-4-8-15(14)20)13-18(23)21-16-9-5-6-10-17(16)25-2/h3-12H,13H2,1-2H3,(H,21,23)/b12-11+. The number of thioether (sulfide) groups is 1. The molecular weight excluding hydrogens is 356 g/mol. The van der Waals surface area contributed by atoms with E-state index in [4.69, 9.17) is 11.6 Å². The molecular formula is C19H19ClN2O2S. The number of para-hydroxylation sites is 1. The Kier molecular flexibility index (Phi) is 7.10. The molecule has 0 saturated carbocycles. The van der Waals surface area contributed by atoms with Gasteiger partial charge in [-0.3, -0.25) is 9.59 Å². The lowest BCUT2D eigenvalue weighted by atomic mass is 10.2. The maximum absolute atomic E-state index is 12.2. The highest BCUT2D eigenvalue weighted by atomic mass is 35.5. The van der Waals surface area contributed by atoms with Crippen LogP contribution in [0.3, 0.4) is 0 Å². The van der Waals surface area contributed by atoms with Crippen molar-refractivity contribution in [1.29, 1.82) is 0 Å². The summed E-state index contributed by atoms with van der Waals surface area (Å²) in [5.74, 6) is -0.517. The molecule has 0 aliphatic rings. The zero-order valence-corrected chi connectivity index (χ0v) is 15.6. The molecule has 0 aliphatic heterocycles.